The van der Waals surface area contributed by atoms with Crippen molar-refractivity contribution >= 4 is 5.91 Å². The van der Waals surface area contributed by atoms with Crippen LogP contribution in [0.3, 0.4) is 0 Å². The molecule has 0 saturated carbocycles. The maximum Gasteiger partial charge on any atom is 0.474 e. The molecule has 1 aromatic rings. The standard InChI is InChI=1S/C8HF8NO2/c9-1-2(10)4(12)6(5(13)3(1)11)19-17-7(18)8(14,15)16/h(H,17,18). The molecule has 0 aliphatic rings. The molecule has 0 radical (unpaired) electrons. The highest BCUT2D eigenvalue weighted by atomic mass is 19.4. The number of alkyl halides is 3. The van der Waals surface area contributed by atoms with Gasteiger partial charge in [0.2, 0.25) is 34.8 Å². The monoisotopic (exact) mass is 295 g/mol. The maximum absolute atomic E-state index is 12.9. The first-order valence-electron chi connectivity index (χ1n) is 4.12. The van der Waals surface area contributed by atoms with E-state index in [9.17, 15) is 39.9 Å². The Labute approximate surface area is 98.3 Å². The van der Waals surface area contributed by atoms with Crippen LogP contribution < -0.4 is 10.3 Å². The fourth-order valence-corrected chi connectivity index (χ4v) is 0.830. The fraction of sp³-hybridized carbons (Fsp3) is 0.125. The second-order valence-corrected chi connectivity index (χ2v) is 2.93. The van der Waals surface area contributed by atoms with Gasteiger partial charge in [-0.3, -0.25) is 4.79 Å². The number of carbonyl (C=O) groups is 1. The molecule has 1 aromatic carbocycles. The van der Waals surface area contributed by atoms with Gasteiger partial charge < -0.3 is 4.84 Å². The van der Waals surface area contributed by atoms with Gasteiger partial charge in [-0.2, -0.15) is 27.4 Å². The summed E-state index contributed by atoms with van der Waals surface area (Å²) in [5, 5.41) is 0. The van der Waals surface area contributed by atoms with Gasteiger partial charge in [0.25, 0.3) is 0 Å². The minimum Gasteiger partial charge on any atom is -0.373 e. The van der Waals surface area contributed by atoms with Crippen LogP contribution in [0, 0.1) is 29.1 Å². The zero-order valence-corrected chi connectivity index (χ0v) is 8.34. The van der Waals surface area contributed by atoms with Crippen molar-refractivity contribution in [1.29, 1.82) is 0 Å². The molecule has 0 fully saturated rings. The molecule has 0 saturated heterocycles. The van der Waals surface area contributed by atoms with Crippen LogP contribution in [0.2, 0.25) is 0 Å². The van der Waals surface area contributed by atoms with Crippen molar-refractivity contribution in [2.75, 3.05) is 0 Å². The lowest BCUT2D eigenvalue weighted by atomic mass is 10.3. The van der Waals surface area contributed by atoms with E-state index in [1.54, 1.807) is 0 Å². The van der Waals surface area contributed by atoms with Crippen LogP contribution in [0.1, 0.15) is 0 Å². The van der Waals surface area contributed by atoms with Gasteiger partial charge in [-0.05, 0) is 0 Å². The minimum absolute atomic E-state index is 0.495. The molecule has 0 aliphatic carbocycles. The number of hydrogen-bond donors (Lipinski definition) is 1. The fourth-order valence-electron chi connectivity index (χ4n) is 0.830. The van der Waals surface area contributed by atoms with E-state index in [0.29, 0.717) is 5.48 Å². The first kappa shape index (κ1) is 15.0. The molecule has 19 heavy (non-hydrogen) atoms. The van der Waals surface area contributed by atoms with Crippen molar-refractivity contribution in [1.82, 2.24) is 5.48 Å². The third kappa shape index (κ3) is 2.85. The van der Waals surface area contributed by atoms with Crippen molar-refractivity contribution in [2.24, 2.45) is 0 Å². The average Bonchev–Trinajstić information content (AvgIpc) is 2.32. The number of nitrogens with one attached hydrogen (secondary N) is 1. The van der Waals surface area contributed by atoms with Gasteiger partial charge in [-0.15, -0.1) is 0 Å². The van der Waals surface area contributed by atoms with Crippen LogP contribution in [0.15, 0.2) is 0 Å². The lowest BCUT2D eigenvalue weighted by Crippen LogP contribution is -2.39. The minimum atomic E-state index is -5.47. The Morgan fingerprint density at radius 1 is 0.842 bits per heavy atom. The quantitative estimate of drug-likeness (QED) is 0.394. The van der Waals surface area contributed by atoms with E-state index in [-0.39, 0.29) is 0 Å². The molecule has 106 valence electrons. The Kier molecular flexibility index (Phi) is 3.86. The molecule has 0 aliphatic heterocycles. The first-order valence-corrected chi connectivity index (χ1v) is 4.12. The van der Waals surface area contributed by atoms with Gasteiger partial charge in [-0.25, -0.2) is 13.2 Å². The van der Waals surface area contributed by atoms with Gasteiger partial charge in [0, 0.05) is 0 Å². The number of rotatable bonds is 2. The molecule has 0 heterocycles. The van der Waals surface area contributed by atoms with Crippen LogP contribution >= 0.6 is 0 Å². The molecule has 11 heteroatoms. The van der Waals surface area contributed by atoms with E-state index < -0.39 is 46.9 Å². The van der Waals surface area contributed by atoms with Gasteiger partial charge in [-0.1, -0.05) is 0 Å². The van der Waals surface area contributed by atoms with E-state index in [1.165, 1.54) is 0 Å². The van der Waals surface area contributed by atoms with Gasteiger partial charge >= 0.3 is 12.1 Å². The lowest BCUT2D eigenvalue weighted by Gasteiger charge is -2.11. The highest BCUT2D eigenvalue weighted by molar-refractivity contribution is 5.80. The molecular formula is C8HF8NO2. The van der Waals surface area contributed by atoms with Gasteiger partial charge in [0.15, 0.2) is 0 Å². The molecule has 0 bridgehead atoms. The number of hydroxylamine groups is 1. The third-order valence-electron chi connectivity index (χ3n) is 1.67. The summed E-state index contributed by atoms with van der Waals surface area (Å²) in [6, 6.07) is 0. The average molecular weight is 295 g/mol. The zero-order chi connectivity index (χ0) is 15.0. The van der Waals surface area contributed by atoms with Crippen LogP contribution in [-0.4, -0.2) is 12.1 Å². The maximum atomic E-state index is 12.9. The van der Waals surface area contributed by atoms with Crippen LogP contribution in [0.25, 0.3) is 0 Å². The number of benzene rings is 1. The molecule has 0 atom stereocenters. The zero-order valence-electron chi connectivity index (χ0n) is 8.34. The molecule has 0 unspecified atom stereocenters. The second-order valence-electron chi connectivity index (χ2n) is 2.93. The molecular weight excluding hydrogens is 294 g/mol. The number of hydrogen-bond acceptors (Lipinski definition) is 2. The van der Waals surface area contributed by atoms with Crippen molar-refractivity contribution < 1.29 is 44.8 Å². The summed E-state index contributed by atoms with van der Waals surface area (Å²) in [4.78, 5) is 13.7. The van der Waals surface area contributed by atoms with Crippen LogP contribution in [-0.2, 0) is 4.79 Å². The summed E-state index contributed by atoms with van der Waals surface area (Å²) < 4.78 is 98.5. The summed E-state index contributed by atoms with van der Waals surface area (Å²) in [6.07, 6.45) is -5.47. The van der Waals surface area contributed by atoms with Crippen molar-refractivity contribution in [3.05, 3.63) is 29.1 Å². The predicted molar refractivity (Wildman–Crippen MR) is 41.1 cm³/mol. The molecule has 1 N–H and O–H groups in total. The smallest absolute Gasteiger partial charge is 0.373 e. The normalized spacial score (nSPS) is 11.4. The van der Waals surface area contributed by atoms with Crippen molar-refractivity contribution in [3.63, 3.8) is 0 Å². The Morgan fingerprint density at radius 3 is 1.58 bits per heavy atom. The third-order valence-corrected chi connectivity index (χ3v) is 1.67. The number of amides is 1. The Morgan fingerprint density at radius 2 is 1.21 bits per heavy atom. The summed E-state index contributed by atoms with van der Waals surface area (Å²) in [5.74, 6) is -17.3. The van der Waals surface area contributed by atoms with Gasteiger partial charge in [0.05, 0.1) is 0 Å². The van der Waals surface area contributed by atoms with Crippen LogP contribution in [0.4, 0.5) is 35.1 Å². The van der Waals surface area contributed by atoms with E-state index in [1.807, 2.05) is 0 Å². The van der Waals surface area contributed by atoms with Crippen molar-refractivity contribution in [3.8, 4) is 5.75 Å². The molecule has 1 rings (SSSR count). The number of halogens is 8. The Hall–Kier alpha value is -2.07. The second kappa shape index (κ2) is 4.90. The highest BCUT2D eigenvalue weighted by Crippen LogP contribution is 2.28. The van der Waals surface area contributed by atoms with E-state index in [0.717, 1.165) is 0 Å². The van der Waals surface area contributed by atoms with E-state index >= 15 is 0 Å². The molecule has 0 spiro atoms. The lowest BCUT2D eigenvalue weighted by molar-refractivity contribution is -0.180. The topological polar surface area (TPSA) is 38.3 Å². The summed E-state index contributed by atoms with van der Waals surface area (Å²) in [5.41, 5.74) is 0.495. The summed E-state index contributed by atoms with van der Waals surface area (Å²) in [6.45, 7) is 0. The Bertz CT molecular complexity index is 497. The Balaban J connectivity index is 3.07. The molecule has 0 aromatic heterocycles. The van der Waals surface area contributed by atoms with E-state index in [4.69, 9.17) is 0 Å². The highest BCUT2D eigenvalue weighted by Gasteiger charge is 2.40. The SMILES string of the molecule is O=C(NOc1c(F)c(F)c(F)c(F)c1F)C(F)(F)F. The summed E-state index contributed by atoms with van der Waals surface area (Å²) in [7, 11) is 0. The first-order chi connectivity index (χ1) is 8.57. The van der Waals surface area contributed by atoms with E-state index in [2.05, 4.69) is 4.84 Å². The van der Waals surface area contributed by atoms with Gasteiger partial charge in [0.1, 0.15) is 0 Å². The largest absolute Gasteiger partial charge is 0.474 e. The number of carbonyl (C=O) groups excluding carboxylic acids is 1. The van der Waals surface area contributed by atoms with Crippen LogP contribution in [0.5, 0.6) is 5.75 Å². The summed E-state index contributed by atoms with van der Waals surface area (Å²) >= 11 is 0. The molecule has 3 nitrogen and oxygen atoms in total. The van der Waals surface area contributed by atoms with Crippen molar-refractivity contribution in [2.45, 2.75) is 6.18 Å². The predicted octanol–water partition coefficient (Wildman–Crippen LogP) is 2.35. The molecule has 1 amide bonds.